The fraction of sp³-hybridized carbons (Fsp3) is 0.273. The van der Waals surface area contributed by atoms with Crippen molar-refractivity contribution in [3.05, 3.63) is 39.0 Å². The van der Waals surface area contributed by atoms with Crippen LogP contribution in [0.3, 0.4) is 0 Å². The van der Waals surface area contributed by atoms with Crippen molar-refractivity contribution in [1.29, 1.82) is 0 Å². The van der Waals surface area contributed by atoms with Gasteiger partial charge in [0.25, 0.3) is 0 Å². The highest BCUT2D eigenvalue weighted by Crippen LogP contribution is 2.21. The molecule has 0 amide bonds. The maximum atomic E-state index is 11.6. The highest BCUT2D eigenvalue weighted by molar-refractivity contribution is 7.71. The Labute approximate surface area is 104 Å². The Bertz CT molecular complexity index is 622. The van der Waals surface area contributed by atoms with Gasteiger partial charge in [0.2, 0.25) is 4.77 Å². The highest BCUT2D eigenvalue weighted by atomic mass is 32.1. The number of rotatable bonds is 2. The molecule has 0 spiro atoms. The van der Waals surface area contributed by atoms with Crippen molar-refractivity contribution >= 4 is 17.9 Å². The van der Waals surface area contributed by atoms with E-state index in [-0.39, 0.29) is 5.69 Å². The van der Waals surface area contributed by atoms with Crippen LogP contribution < -0.4 is 10.6 Å². The SMILES string of the molecule is Cc1ccc(-n2c(=O)[nH][nH]c2=S)cc1N(C)C. The van der Waals surface area contributed by atoms with Crippen molar-refractivity contribution in [3.8, 4) is 5.69 Å². The molecule has 0 atom stereocenters. The zero-order valence-electron chi connectivity index (χ0n) is 9.94. The maximum Gasteiger partial charge on any atom is 0.347 e. The minimum absolute atomic E-state index is 0.261. The number of nitrogens with zero attached hydrogens (tertiary/aromatic N) is 2. The molecule has 6 heteroatoms. The molecule has 0 aliphatic carbocycles. The second-order valence-corrected chi connectivity index (χ2v) is 4.45. The van der Waals surface area contributed by atoms with Gasteiger partial charge in [-0.25, -0.2) is 14.5 Å². The summed E-state index contributed by atoms with van der Waals surface area (Å²) in [5.74, 6) is 0. The minimum atomic E-state index is -0.261. The summed E-state index contributed by atoms with van der Waals surface area (Å²) < 4.78 is 1.80. The smallest absolute Gasteiger partial charge is 0.347 e. The first kappa shape index (κ1) is 11.7. The number of hydrogen-bond acceptors (Lipinski definition) is 3. The third-order valence-corrected chi connectivity index (χ3v) is 2.90. The molecule has 0 unspecified atom stereocenters. The van der Waals surface area contributed by atoms with Crippen LogP contribution in [0.4, 0.5) is 5.69 Å². The van der Waals surface area contributed by atoms with Crippen LogP contribution in [0, 0.1) is 11.7 Å². The summed E-state index contributed by atoms with van der Waals surface area (Å²) in [5, 5.41) is 5.09. The molecule has 2 rings (SSSR count). The van der Waals surface area contributed by atoms with Gasteiger partial charge in [0.1, 0.15) is 0 Å². The summed E-state index contributed by atoms with van der Waals surface area (Å²) in [6, 6.07) is 5.79. The summed E-state index contributed by atoms with van der Waals surface area (Å²) in [7, 11) is 3.93. The molecular formula is C11H14N4OS. The van der Waals surface area contributed by atoms with E-state index in [2.05, 4.69) is 10.2 Å². The van der Waals surface area contributed by atoms with Crippen molar-refractivity contribution in [1.82, 2.24) is 14.8 Å². The fourth-order valence-corrected chi connectivity index (χ4v) is 2.00. The van der Waals surface area contributed by atoms with Gasteiger partial charge in [-0.3, -0.25) is 5.10 Å². The van der Waals surface area contributed by atoms with Crippen molar-refractivity contribution in [3.63, 3.8) is 0 Å². The van der Waals surface area contributed by atoms with E-state index in [4.69, 9.17) is 12.2 Å². The predicted octanol–water partition coefficient (Wildman–Crippen LogP) is 1.60. The lowest BCUT2D eigenvalue weighted by molar-refractivity contribution is 0.970. The van der Waals surface area contributed by atoms with E-state index in [9.17, 15) is 4.79 Å². The molecule has 0 saturated carbocycles. The molecule has 0 radical (unpaired) electrons. The monoisotopic (exact) mass is 250 g/mol. The topological polar surface area (TPSA) is 56.8 Å². The minimum Gasteiger partial charge on any atom is -0.377 e. The maximum absolute atomic E-state index is 11.6. The molecule has 0 aliphatic rings. The van der Waals surface area contributed by atoms with Crippen LogP contribution in [0.1, 0.15) is 5.56 Å². The zero-order valence-corrected chi connectivity index (χ0v) is 10.8. The van der Waals surface area contributed by atoms with Gasteiger partial charge in [-0.15, -0.1) is 0 Å². The van der Waals surface area contributed by atoms with Gasteiger partial charge >= 0.3 is 5.69 Å². The first-order chi connectivity index (χ1) is 8.00. The standard InChI is InChI=1S/C11H14N4OS/c1-7-4-5-8(6-9(7)14(2)3)15-10(16)12-13-11(15)17/h4-6H,1-3H3,(H,12,16)(H,13,17). The van der Waals surface area contributed by atoms with E-state index < -0.39 is 0 Å². The average Bonchev–Trinajstić information content (AvgIpc) is 2.59. The van der Waals surface area contributed by atoms with Gasteiger partial charge < -0.3 is 4.90 Å². The third-order valence-electron chi connectivity index (χ3n) is 2.62. The highest BCUT2D eigenvalue weighted by Gasteiger charge is 2.07. The van der Waals surface area contributed by atoms with Crippen LogP contribution in [-0.2, 0) is 0 Å². The van der Waals surface area contributed by atoms with Gasteiger partial charge in [-0.05, 0) is 36.8 Å². The first-order valence-corrected chi connectivity index (χ1v) is 5.59. The van der Waals surface area contributed by atoms with Gasteiger partial charge in [-0.1, -0.05) is 6.07 Å². The van der Waals surface area contributed by atoms with Crippen molar-refractivity contribution < 1.29 is 0 Å². The predicted molar refractivity (Wildman–Crippen MR) is 70.6 cm³/mol. The van der Waals surface area contributed by atoms with Crippen LogP contribution in [0.5, 0.6) is 0 Å². The second kappa shape index (κ2) is 4.21. The van der Waals surface area contributed by atoms with Crippen molar-refractivity contribution in [2.75, 3.05) is 19.0 Å². The van der Waals surface area contributed by atoms with E-state index >= 15 is 0 Å². The van der Waals surface area contributed by atoms with Gasteiger partial charge in [0.15, 0.2) is 0 Å². The quantitative estimate of drug-likeness (QED) is 0.796. The first-order valence-electron chi connectivity index (χ1n) is 5.19. The number of anilines is 1. The van der Waals surface area contributed by atoms with E-state index in [1.165, 1.54) is 4.57 Å². The van der Waals surface area contributed by atoms with Crippen LogP contribution in [0.2, 0.25) is 0 Å². The van der Waals surface area contributed by atoms with Crippen LogP contribution in [0.15, 0.2) is 23.0 Å². The number of benzene rings is 1. The van der Waals surface area contributed by atoms with Crippen LogP contribution in [-0.4, -0.2) is 28.9 Å². The van der Waals surface area contributed by atoms with Gasteiger partial charge in [0, 0.05) is 19.8 Å². The van der Waals surface area contributed by atoms with Gasteiger partial charge in [-0.2, -0.15) is 0 Å². The Morgan fingerprint density at radius 2 is 2.00 bits per heavy atom. The summed E-state index contributed by atoms with van der Waals surface area (Å²) in [5.41, 5.74) is 2.71. The van der Waals surface area contributed by atoms with Gasteiger partial charge in [0.05, 0.1) is 5.69 Å². The summed E-state index contributed by atoms with van der Waals surface area (Å²) in [6.45, 7) is 2.03. The molecule has 2 N–H and O–H groups in total. The molecule has 17 heavy (non-hydrogen) atoms. The lowest BCUT2D eigenvalue weighted by Crippen LogP contribution is -2.16. The van der Waals surface area contributed by atoms with Crippen molar-refractivity contribution in [2.45, 2.75) is 6.92 Å². The summed E-state index contributed by atoms with van der Waals surface area (Å²) in [4.78, 5) is 13.6. The molecule has 0 fully saturated rings. The molecule has 5 nitrogen and oxygen atoms in total. The van der Waals surface area contributed by atoms with Crippen LogP contribution in [0.25, 0.3) is 5.69 Å². The molecule has 0 aliphatic heterocycles. The average molecular weight is 250 g/mol. The molecule has 1 aromatic heterocycles. The Morgan fingerprint density at radius 3 is 2.53 bits per heavy atom. The number of H-pyrrole nitrogens is 2. The van der Waals surface area contributed by atoms with Crippen molar-refractivity contribution in [2.24, 2.45) is 0 Å². The van der Waals surface area contributed by atoms with Crippen LogP contribution >= 0.6 is 12.2 Å². The molecule has 1 aromatic carbocycles. The Balaban J connectivity index is 2.66. The lowest BCUT2D eigenvalue weighted by atomic mass is 10.1. The second-order valence-electron chi connectivity index (χ2n) is 4.06. The van der Waals surface area contributed by atoms with E-state index in [1.807, 2.05) is 44.1 Å². The Kier molecular flexibility index (Phi) is 2.89. The Morgan fingerprint density at radius 1 is 1.29 bits per heavy atom. The molecular weight excluding hydrogens is 236 g/mol. The molecule has 0 bridgehead atoms. The normalized spacial score (nSPS) is 10.5. The largest absolute Gasteiger partial charge is 0.377 e. The third kappa shape index (κ3) is 2.03. The lowest BCUT2D eigenvalue weighted by Gasteiger charge is -2.16. The molecule has 1 heterocycles. The number of nitrogens with one attached hydrogen (secondary N) is 2. The molecule has 0 saturated heterocycles. The number of aryl methyl sites for hydroxylation is 1. The zero-order chi connectivity index (χ0) is 12.6. The number of aromatic nitrogens is 3. The van der Waals surface area contributed by atoms with E-state index in [0.717, 1.165) is 16.9 Å². The number of hydrogen-bond donors (Lipinski definition) is 2. The molecule has 2 aromatic rings. The summed E-state index contributed by atoms with van der Waals surface area (Å²) in [6.07, 6.45) is 0. The Hall–Kier alpha value is -1.82. The van der Waals surface area contributed by atoms with E-state index in [1.54, 1.807) is 0 Å². The summed E-state index contributed by atoms with van der Waals surface area (Å²) >= 11 is 5.06. The number of aromatic amines is 2. The van der Waals surface area contributed by atoms with E-state index in [0.29, 0.717) is 4.77 Å². The fourth-order valence-electron chi connectivity index (χ4n) is 1.76. The molecule has 90 valence electrons.